The van der Waals surface area contributed by atoms with Crippen LogP contribution in [0.5, 0.6) is 0 Å². The van der Waals surface area contributed by atoms with Crippen LogP contribution in [0, 0.1) is 0 Å². The molecule has 0 aromatic heterocycles. The van der Waals surface area contributed by atoms with E-state index >= 15 is 0 Å². The molecule has 2 nitrogen and oxygen atoms in total. The summed E-state index contributed by atoms with van der Waals surface area (Å²) in [6.45, 7) is 6.79. The topological polar surface area (TPSA) is 29.1 Å². The molecule has 0 unspecified atom stereocenters. The number of hydrogen-bond acceptors (Lipinski definition) is 1. The van der Waals surface area contributed by atoms with Gasteiger partial charge >= 0.3 is 142 Å². The summed E-state index contributed by atoms with van der Waals surface area (Å²) in [5, 5.41) is 0. The van der Waals surface area contributed by atoms with Crippen molar-refractivity contribution >= 4 is 11.9 Å². The third-order valence-electron chi connectivity index (χ3n) is 4.37. The van der Waals surface area contributed by atoms with Crippen LogP contribution in [0.25, 0.3) is 11.1 Å². The first kappa shape index (κ1) is 21.6. The van der Waals surface area contributed by atoms with E-state index in [0.29, 0.717) is 10.1 Å². The molecule has 0 heterocycles. The molecule has 0 fully saturated rings. The van der Waals surface area contributed by atoms with Crippen LogP contribution in [0.1, 0.15) is 28.1 Å². The fraction of sp³-hybridized carbons (Fsp3) is 0.278. The van der Waals surface area contributed by atoms with E-state index in [1.165, 1.54) is 22.3 Å². The molecule has 0 radical (unpaired) electrons. The van der Waals surface area contributed by atoms with Crippen molar-refractivity contribution in [2.24, 2.45) is 0 Å². The van der Waals surface area contributed by atoms with Gasteiger partial charge in [-0.05, 0) is 0 Å². The number of amides is 1. The zero-order valence-corrected chi connectivity index (χ0v) is 20.4. The maximum Gasteiger partial charge on any atom is -1.00 e. The summed E-state index contributed by atoms with van der Waals surface area (Å²) in [5.74, 6) is -0.590. The van der Waals surface area contributed by atoms with Crippen molar-refractivity contribution < 1.29 is 50.5 Å². The van der Waals surface area contributed by atoms with Crippen molar-refractivity contribution in [2.75, 3.05) is 0 Å². The van der Waals surface area contributed by atoms with E-state index in [1.54, 1.807) is 0 Å². The van der Waals surface area contributed by atoms with Crippen LogP contribution in [0.4, 0.5) is 0 Å². The van der Waals surface area contributed by atoms with E-state index in [4.69, 9.17) is 0 Å². The van der Waals surface area contributed by atoms with Crippen molar-refractivity contribution in [2.45, 2.75) is 30.1 Å². The standard InChI is InChI=1S/C13H9.C3H7NO.C2H7Si.2ClH.Hf/c1-3-7-12-10(5-1)9-11-6-2-4-8-13(11)12;1-2-3(4)5;1-3-2;;;/h1-9H;2H2,1H3,(H2,4,5);3H,1-2H3;2*1H;/q;;;;;+3/p-3. The molecule has 0 saturated heterocycles. The molecule has 1 aliphatic rings. The molecule has 6 heteroatoms. The summed E-state index contributed by atoms with van der Waals surface area (Å²) in [7, 11) is 0. The number of fused-ring (bicyclic) bond motifs is 3. The van der Waals surface area contributed by atoms with Crippen molar-refractivity contribution in [3.05, 3.63) is 59.7 Å². The second kappa shape index (κ2) is 9.32. The van der Waals surface area contributed by atoms with Crippen LogP contribution in [0.2, 0.25) is 13.1 Å². The van der Waals surface area contributed by atoms with Gasteiger partial charge in [-0.3, -0.25) is 0 Å². The van der Waals surface area contributed by atoms with Gasteiger partial charge in [0.25, 0.3) is 0 Å². The second-order valence-electron chi connectivity index (χ2n) is 6.12. The van der Waals surface area contributed by atoms with Gasteiger partial charge in [-0.2, -0.15) is 0 Å². The number of rotatable bonds is 4. The molecular weight excluding hydrogens is 524 g/mol. The number of benzene rings is 2. The van der Waals surface area contributed by atoms with E-state index in [-0.39, 0.29) is 30.7 Å². The van der Waals surface area contributed by atoms with Gasteiger partial charge in [0, 0.05) is 0 Å². The van der Waals surface area contributed by atoms with Crippen molar-refractivity contribution in [3.63, 3.8) is 0 Å². The van der Waals surface area contributed by atoms with E-state index in [9.17, 15) is 4.79 Å². The minimum atomic E-state index is -2.24. The molecule has 1 N–H and O–H groups in total. The van der Waals surface area contributed by atoms with Crippen LogP contribution < -0.4 is 28.1 Å². The van der Waals surface area contributed by atoms with Crippen molar-refractivity contribution in [3.8, 4) is 11.1 Å². The monoisotopic (exact) mass is 546 g/mol. The summed E-state index contributed by atoms with van der Waals surface area (Å²) in [6, 6.07) is 17.6. The van der Waals surface area contributed by atoms with Gasteiger partial charge in [-0.1, -0.05) is 0 Å². The molecule has 127 valence electrons. The molecule has 2 aromatic carbocycles. The number of carbonyl (C=O) groups excluding carboxylic acids is 1. The Hall–Kier alpha value is -0.423. The zero-order valence-electron chi connectivity index (χ0n) is 14.1. The normalized spacial score (nSPS) is 11.8. The summed E-state index contributed by atoms with van der Waals surface area (Å²) in [6.07, 6.45) is 0.602. The maximum atomic E-state index is 12.1. The Bertz CT molecular complexity index is 665. The third kappa shape index (κ3) is 4.04. The average molecular weight is 546 g/mol. The van der Waals surface area contributed by atoms with Gasteiger partial charge in [0.1, 0.15) is 0 Å². The smallest absolute Gasteiger partial charge is 1.00 e. The fourth-order valence-corrected chi connectivity index (χ4v) is 25.3. The van der Waals surface area contributed by atoms with E-state index in [0.717, 1.165) is 0 Å². The Morgan fingerprint density at radius 3 is 1.88 bits per heavy atom. The molecule has 3 rings (SSSR count). The summed E-state index contributed by atoms with van der Waals surface area (Å²) >= 11 is -2.24. The number of halogens is 2. The van der Waals surface area contributed by atoms with Gasteiger partial charge in [0.05, 0.1) is 0 Å². The number of hydrogen-bond donors (Lipinski definition) is 1. The number of carbonyl (C=O) groups is 1. The molecule has 0 atom stereocenters. The molecular formula is C18H22Cl2HfNOSi. The second-order valence-corrected chi connectivity index (χ2v) is 32.2. The van der Waals surface area contributed by atoms with Gasteiger partial charge in [-0.25, -0.2) is 0 Å². The first-order chi connectivity index (χ1) is 10.6. The molecule has 0 spiro atoms. The Morgan fingerprint density at radius 1 is 1.00 bits per heavy atom. The minimum absolute atomic E-state index is 0. The van der Waals surface area contributed by atoms with Crippen LogP contribution in [0.3, 0.4) is 0 Å². The van der Waals surface area contributed by atoms with Crippen LogP contribution in [-0.2, 0) is 25.7 Å². The van der Waals surface area contributed by atoms with E-state index in [1.807, 2.05) is 6.92 Å². The predicted molar refractivity (Wildman–Crippen MR) is 91.0 cm³/mol. The fourth-order valence-electron chi connectivity index (χ4n) is 3.29. The zero-order chi connectivity index (χ0) is 15.7. The Kier molecular flexibility index (Phi) is 8.40. The van der Waals surface area contributed by atoms with Crippen LogP contribution in [-0.4, -0.2) is 11.9 Å². The predicted octanol–water partition coefficient (Wildman–Crippen LogP) is -2.19. The van der Waals surface area contributed by atoms with Gasteiger partial charge in [0.2, 0.25) is 0 Å². The van der Waals surface area contributed by atoms with Gasteiger partial charge in [0.15, 0.2) is 0 Å². The third-order valence-corrected chi connectivity index (χ3v) is 29.4. The van der Waals surface area contributed by atoms with Gasteiger partial charge in [-0.15, -0.1) is 0 Å². The minimum Gasteiger partial charge on any atom is -1.00 e. The molecule has 24 heavy (non-hydrogen) atoms. The Morgan fingerprint density at radius 2 is 1.46 bits per heavy atom. The molecule has 0 saturated carbocycles. The first-order valence-corrected chi connectivity index (χ1v) is 21.0. The number of nitrogens with one attached hydrogen (secondary N) is 1. The Balaban J connectivity index is 0.00000144. The molecule has 1 aliphatic carbocycles. The quantitative estimate of drug-likeness (QED) is 0.435. The molecule has 1 amide bonds. The molecule has 0 bridgehead atoms. The van der Waals surface area contributed by atoms with Crippen molar-refractivity contribution in [1.29, 1.82) is 0 Å². The Labute approximate surface area is 165 Å². The van der Waals surface area contributed by atoms with Gasteiger partial charge < -0.3 is 24.8 Å². The molecule has 2 aromatic rings. The SMILES string of the molecule is CCC(=O)[NH][Hf+2]([CH]1c2ccccc2-c2ccccc21)[SiH](C)C.[Cl-].[Cl-]. The average Bonchev–Trinajstić information content (AvgIpc) is 2.86. The largest absolute Gasteiger partial charge is 1.00 e. The summed E-state index contributed by atoms with van der Waals surface area (Å²) < 4.78 is 4.04. The first-order valence-electron chi connectivity index (χ1n) is 7.98. The van der Waals surface area contributed by atoms with Crippen LogP contribution >= 0.6 is 0 Å². The maximum absolute atomic E-state index is 12.1. The van der Waals surface area contributed by atoms with E-state index < -0.39 is 26.9 Å². The van der Waals surface area contributed by atoms with Crippen LogP contribution in [0.15, 0.2) is 48.5 Å². The molecule has 0 aliphatic heterocycles. The summed E-state index contributed by atoms with van der Waals surface area (Å²) in [5.41, 5.74) is 5.68. The van der Waals surface area contributed by atoms with Crippen molar-refractivity contribution in [1.82, 2.24) is 3.30 Å². The van der Waals surface area contributed by atoms with E-state index in [2.05, 4.69) is 64.9 Å². The summed E-state index contributed by atoms with van der Waals surface area (Å²) in [4.78, 5) is 12.1.